The van der Waals surface area contributed by atoms with E-state index in [-0.39, 0.29) is 6.42 Å². The molecular weight excluding hydrogens is 285 g/mol. The lowest BCUT2D eigenvalue weighted by Gasteiger charge is -2.05. The van der Waals surface area contributed by atoms with Crippen LogP contribution in [0.3, 0.4) is 0 Å². The molecule has 74 valence electrons. The standard InChI is InChI=1S/C7H12IN3O2/c1-10-3-5(11-4-8)2-6(9)7(12)13/h3-4,6,10H,2,9H2,1H3,(H,12,13)/b5-3-,11-4-/t6-/m0/s1. The second kappa shape index (κ2) is 6.84. The van der Waals surface area contributed by atoms with Gasteiger partial charge in [-0.25, -0.2) is 0 Å². The van der Waals surface area contributed by atoms with Gasteiger partial charge in [0, 0.05) is 19.7 Å². The zero-order valence-corrected chi connectivity index (χ0v) is 9.35. The summed E-state index contributed by atoms with van der Waals surface area (Å²) in [7, 11) is 1.72. The molecule has 0 radical (unpaired) electrons. The summed E-state index contributed by atoms with van der Waals surface area (Å²) < 4.78 is 1.56. The van der Waals surface area contributed by atoms with Crippen LogP contribution in [-0.2, 0) is 4.79 Å². The van der Waals surface area contributed by atoms with E-state index in [9.17, 15) is 4.79 Å². The van der Waals surface area contributed by atoms with Gasteiger partial charge in [-0.2, -0.15) is 0 Å². The predicted octanol–water partition coefficient (Wildman–Crippen LogP) is 0.313. The molecule has 0 aromatic rings. The van der Waals surface area contributed by atoms with Gasteiger partial charge in [-0.05, 0) is 22.6 Å². The minimum Gasteiger partial charge on any atom is -0.480 e. The van der Waals surface area contributed by atoms with Crippen molar-refractivity contribution >= 4 is 32.8 Å². The highest BCUT2D eigenvalue weighted by Gasteiger charge is 2.12. The average molecular weight is 297 g/mol. The van der Waals surface area contributed by atoms with Gasteiger partial charge < -0.3 is 16.2 Å². The summed E-state index contributed by atoms with van der Waals surface area (Å²) in [6.07, 6.45) is 1.84. The Bertz CT molecular complexity index is 228. The maximum Gasteiger partial charge on any atom is 0.320 e. The van der Waals surface area contributed by atoms with E-state index in [0.29, 0.717) is 5.70 Å². The van der Waals surface area contributed by atoms with Gasteiger partial charge in [0.15, 0.2) is 0 Å². The third-order valence-corrected chi connectivity index (χ3v) is 1.55. The molecule has 13 heavy (non-hydrogen) atoms. The van der Waals surface area contributed by atoms with Crippen molar-refractivity contribution < 1.29 is 9.90 Å². The van der Waals surface area contributed by atoms with Crippen LogP contribution in [0.1, 0.15) is 6.42 Å². The highest BCUT2D eigenvalue weighted by Crippen LogP contribution is 2.05. The fourth-order valence-corrected chi connectivity index (χ4v) is 1.05. The Morgan fingerprint density at radius 1 is 1.85 bits per heavy atom. The molecular formula is C7H12IN3O2. The number of hydrogen-bond donors (Lipinski definition) is 3. The van der Waals surface area contributed by atoms with E-state index < -0.39 is 12.0 Å². The summed E-state index contributed by atoms with van der Waals surface area (Å²) in [5, 5.41) is 11.3. The molecule has 0 unspecified atom stereocenters. The van der Waals surface area contributed by atoms with Crippen LogP contribution in [0.25, 0.3) is 0 Å². The average Bonchev–Trinajstić information content (AvgIpc) is 2.05. The molecule has 0 aliphatic heterocycles. The molecule has 0 amide bonds. The first kappa shape index (κ1) is 12.4. The van der Waals surface area contributed by atoms with Crippen molar-refractivity contribution in [3.63, 3.8) is 0 Å². The molecule has 0 saturated carbocycles. The van der Waals surface area contributed by atoms with Gasteiger partial charge >= 0.3 is 5.97 Å². The van der Waals surface area contributed by atoms with Gasteiger partial charge in [-0.1, -0.05) is 0 Å². The molecule has 0 rings (SSSR count). The summed E-state index contributed by atoms with van der Waals surface area (Å²) in [6, 6.07) is -0.903. The number of hydrogen-bond acceptors (Lipinski definition) is 4. The zero-order chi connectivity index (χ0) is 10.3. The van der Waals surface area contributed by atoms with Crippen molar-refractivity contribution in [3.8, 4) is 0 Å². The zero-order valence-electron chi connectivity index (χ0n) is 7.20. The normalized spacial score (nSPS) is 14.5. The smallest absolute Gasteiger partial charge is 0.320 e. The van der Waals surface area contributed by atoms with E-state index in [1.807, 2.05) is 22.6 Å². The predicted molar refractivity (Wildman–Crippen MR) is 59.9 cm³/mol. The van der Waals surface area contributed by atoms with E-state index in [0.717, 1.165) is 0 Å². The summed E-state index contributed by atoms with van der Waals surface area (Å²) in [4.78, 5) is 14.4. The van der Waals surface area contributed by atoms with Crippen molar-refractivity contribution in [2.45, 2.75) is 12.5 Å². The third kappa shape index (κ3) is 5.58. The number of halogens is 1. The molecule has 0 aliphatic rings. The Kier molecular flexibility index (Phi) is 6.51. The number of rotatable bonds is 5. The van der Waals surface area contributed by atoms with Crippen LogP contribution in [0, 0.1) is 0 Å². The number of nitrogens with zero attached hydrogens (tertiary/aromatic N) is 1. The largest absolute Gasteiger partial charge is 0.480 e. The number of aliphatic carboxylic acids is 1. The van der Waals surface area contributed by atoms with Crippen LogP contribution in [0.5, 0.6) is 0 Å². The Balaban J connectivity index is 4.26. The number of carboxylic acid groups (broad SMARTS) is 1. The molecule has 1 atom stereocenters. The molecule has 0 saturated heterocycles. The number of nitrogens with two attached hydrogens (primary N) is 1. The number of carboxylic acids is 1. The van der Waals surface area contributed by atoms with Crippen molar-refractivity contribution in [2.75, 3.05) is 7.05 Å². The second-order valence-corrected chi connectivity index (χ2v) is 2.86. The van der Waals surface area contributed by atoms with E-state index in [2.05, 4.69) is 10.3 Å². The monoisotopic (exact) mass is 297 g/mol. The minimum atomic E-state index is -1.02. The van der Waals surface area contributed by atoms with E-state index >= 15 is 0 Å². The van der Waals surface area contributed by atoms with Gasteiger partial charge in [0.05, 0.1) is 9.92 Å². The number of carbonyl (C=O) groups is 1. The highest BCUT2D eigenvalue weighted by molar-refractivity contribution is 14.1. The van der Waals surface area contributed by atoms with Crippen LogP contribution in [0.4, 0.5) is 0 Å². The van der Waals surface area contributed by atoms with Crippen molar-refractivity contribution in [1.82, 2.24) is 5.32 Å². The first-order valence-corrected chi connectivity index (χ1v) is 4.83. The van der Waals surface area contributed by atoms with Crippen molar-refractivity contribution in [3.05, 3.63) is 11.9 Å². The van der Waals surface area contributed by atoms with Crippen molar-refractivity contribution in [1.29, 1.82) is 0 Å². The summed E-state index contributed by atoms with van der Waals surface area (Å²) in [6.45, 7) is 0. The molecule has 0 aromatic heterocycles. The molecule has 0 fully saturated rings. The fourth-order valence-electron chi connectivity index (χ4n) is 0.691. The number of nitrogens with one attached hydrogen (secondary N) is 1. The summed E-state index contributed by atoms with van der Waals surface area (Å²) in [5.41, 5.74) is 5.95. The summed E-state index contributed by atoms with van der Waals surface area (Å²) >= 11 is 1.96. The lowest BCUT2D eigenvalue weighted by molar-refractivity contribution is -0.138. The first-order valence-electron chi connectivity index (χ1n) is 3.59. The van der Waals surface area contributed by atoms with E-state index in [1.54, 1.807) is 17.5 Å². The SMILES string of the molecule is CN/C=C(C[C@H](N)C(=O)O)\N=C/I. The van der Waals surface area contributed by atoms with Gasteiger partial charge in [-0.3, -0.25) is 9.79 Å². The van der Waals surface area contributed by atoms with Crippen molar-refractivity contribution in [2.24, 2.45) is 10.7 Å². The minimum absolute atomic E-state index is 0.218. The molecule has 0 heterocycles. The lowest BCUT2D eigenvalue weighted by atomic mass is 10.2. The maximum atomic E-state index is 10.4. The second-order valence-electron chi connectivity index (χ2n) is 2.30. The van der Waals surface area contributed by atoms with Gasteiger partial charge in [0.1, 0.15) is 6.04 Å². The molecule has 0 bridgehead atoms. The number of aliphatic imine (C=N–C) groups is 1. The molecule has 0 aromatic carbocycles. The Hall–Kier alpha value is -0.630. The summed E-state index contributed by atoms with van der Waals surface area (Å²) in [5.74, 6) is -1.02. The van der Waals surface area contributed by atoms with Gasteiger partial charge in [0.25, 0.3) is 0 Å². The highest BCUT2D eigenvalue weighted by atomic mass is 127. The molecule has 0 spiro atoms. The molecule has 0 aliphatic carbocycles. The van der Waals surface area contributed by atoms with Crippen LogP contribution in [-0.4, -0.2) is 28.4 Å². The lowest BCUT2D eigenvalue weighted by Crippen LogP contribution is -2.30. The van der Waals surface area contributed by atoms with Gasteiger partial charge in [0.2, 0.25) is 0 Å². The topological polar surface area (TPSA) is 87.7 Å². The Labute approximate surface area is 90.2 Å². The van der Waals surface area contributed by atoms with E-state index in [1.165, 1.54) is 0 Å². The maximum absolute atomic E-state index is 10.4. The third-order valence-electron chi connectivity index (χ3n) is 1.27. The molecule has 4 N–H and O–H groups in total. The quantitative estimate of drug-likeness (QED) is 0.503. The van der Waals surface area contributed by atoms with E-state index in [4.69, 9.17) is 10.8 Å². The molecule has 6 heteroatoms. The van der Waals surface area contributed by atoms with Crippen LogP contribution >= 0.6 is 22.6 Å². The Morgan fingerprint density at radius 3 is 2.85 bits per heavy atom. The van der Waals surface area contributed by atoms with Crippen LogP contribution in [0.2, 0.25) is 0 Å². The molecule has 5 nitrogen and oxygen atoms in total. The fraction of sp³-hybridized carbons (Fsp3) is 0.429. The van der Waals surface area contributed by atoms with Crippen LogP contribution in [0.15, 0.2) is 16.9 Å². The Morgan fingerprint density at radius 2 is 2.46 bits per heavy atom. The van der Waals surface area contributed by atoms with Crippen LogP contribution < -0.4 is 11.1 Å². The first-order chi connectivity index (χ1) is 6.11. The van der Waals surface area contributed by atoms with Gasteiger partial charge in [-0.15, -0.1) is 0 Å².